The maximum atomic E-state index is 12.1. The summed E-state index contributed by atoms with van der Waals surface area (Å²) in [5.74, 6) is -0.270. The van der Waals surface area contributed by atoms with Crippen LogP contribution in [0.3, 0.4) is 0 Å². The van der Waals surface area contributed by atoms with Gasteiger partial charge in [0.1, 0.15) is 5.41 Å². The van der Waals surface area contributed by atoms with Crippen LogP contribution < -0.4 is 11.1 Å². The summed E-state index contributed by atoms with van der Waals surface area (Å²) in [6, 6.07) is 0. The highest BCUT2D eigenvalue weighted by atomic mass is 16.5. The predicted molar refractivity (Wildman–Crippen MR) is 65.9 cm³/mol. The molecule has 0 radical (unpaired) electrons. The number of nitrogens with one attached hydrogen (secondary N) is 1. The topological polar surface area (TPSA) is 96.9 Å². The van der Waals surface area contributed by atoms with Crippen LogP contribution in [0.15, 0.2) is 5.16 Å². The largest absolute Gasteiger partial charge is 0.409 e. The predicted octanol–water partition coefficient (Wildman–Crippen LogP) is 0.692. The number of amidine groups is 1. The summed E-state index contributed by atoms with van der Waals surface area (Å²) in [5, 5.41) is 14.5. The van der Waals surface area contributed by atoms with Crippen molar-refractivity contribution in [1.82, 2.24) is 5.32 Å². The number of hydrogen-bond acceptors (Lipinski definition) is 4. The molecule has 0 heterocycles. The first kappa shape index (κ1) is 15.7. The van der Waals surface area contributed by atoms with Gasteiger partial charge in [0.15, 0.2) is 5.84 Å². The smallest absolute Gasteiger partial charge is 0.234 e. The van der Waals surface area contributed by atoms with Crippen molar-refractivity contribution in [1.29, 1.82) is 0 Å². The summed E-state index contributed by atoms with van der Waals surface area (Å²) < 4.78 is 5.13. The number of nitrogens with zero attached hydrogens (tertiary/aromatic N) is 1. The molecule has 6 nitrogen and oxygen atoms in total. The minimum atomic E-state index is -0.930. The molecule has 100 valence electrons. The minimum absolute atomic E-state index is 0.0450. The van der Waals surface area contributed by atoms with Crippen LogP contribution in [0.5, 0.6) is 0 Å². The zero-order valence-electron chi connectivity index (χ0n) is 10.8. The van der Waals surface area contributed by atoms with Crippen molar-refractivity contribution in [3.63, 3.8) is 0 Å². The van der Waals surface area contributed by atoms with E-state index in [2.05, 4.69) is 10.5 Å². The quantitative estimate of drug-likeness (QED) is 0.193. The summed E-state index contributed by atoms with van der Waals surface area (Å²) >= 11 is 0. The number of amides is 1. The second-order valence-corrected chi connectivity index (χ2v) is 3.73. The lowest BCUT2D eigenvalue weighted by molar-refractivity contribution is -0.128. The van der Waals surface area contributed by atoms with E-state index in [1.165, 1.54) is 0 Å². The first-order chi connectivity index (χ1) is 8.08. The van der Waals surface area contributed by atoms with Crippen LogP contribution in [0, 0.1) is 5.41 Å². The third-order valence-corrected chi connectivity index (χ3v) is 2.98. The number of hydrogen-bond donors (Lipinski definition) is 3. The Morgan fingerprint density at radius 1 is 1.41 bits per heavy atom. The zero-order valence-corrected chi connectivity index (χ0v) is 10.8. The molecule has 0 fully saturated rings. The number of carbonyl (C=O) groups is 1. The summed E-state index contributed by atoms with van der Waals surface area (Å²) in [4.78, 5) is 12.1. The fourth-order valence-corrected chi connectivity index (χ4v) is 1.70. The Kier molecular flexibility index (Phi) is 7.29. The number of rotatable bonds is 8. The normalized spacial score (nSPS) is 12.5. The molecule has 0 aromatic carbocycles. The molecule has 6 heteroatoms. The van der Waals surface area contributed by atoms with Gasteiger partial charge in [0.2, 0.25) is 5.91 Å². The number of nitrogens with two attached hydrogens (primary N) is 1. The molecule has 17 heavy (non-hydrogen) atoms. The highest BCUT2D eigenvalue weighted by Crippen LogP contribution is 2.26. The molecule has 0 aliphatic carbocycles. The van der Waals surface area contributed by atoms with Gasteiger partial charge in [-0.3, -0.25) is 4.79 Å². The summed E-state index contributed by atoms with van der Waals surface area (Å²) in [6.07, 6.45) is 0.972. The molecule has 0 aliphatic heterocycles. The van der Waals surface area contributed by atoms with E-state index in [1.54, 1.807) is 0 Å². The van der Waals surface area contributed by atoms with Gasteiger partial charge in [-0.25, -0.2) is 0 Å². The first-order valence-corrected chi connectivity index (χ1v) is 5.93. The van der Waals surface area contributed by atoms with Gasteiger partial charge in [-0.15, -0.1) is 0 Å². The standard InChI is InChI=1S/C11H23N3O3/c1-4-11(5-2,9(12)14-16)10(15)13-7-8-17-6-3/h16H,4-8H2,1-3H3,(H2,12,14)(H,13,15). The van der Waals surface area contributed by atoms with Gasteiger partial charge in [-0.1, -0.05) is 19.0 Å². The maximum Gasteiger partial charge on any atom is 0.234 e. The Morgan fingerprint density at radius 3 is 2.41 bits per heavy atom. The SMILES string of the molecule is CCOCCNC(=O)C(CC)(CC)C(N)=NO. The van der Waals surface area contributed by atoms with Crippen molar-refractivity contribution in [2.45, 2.75) is 33.6 Å². The number of oxime groups is 1. The van der Waals surface area contributed by atoms with E-state index < -0.39 is 5.41 Å². The zero-order chi connectivity index (χ0) is 13.3. The van der Waals surface area contributed by atoms with E-state index in [-0.39, 0.29) is 11.7 Å². The van der Waals surface area contributed by atoms with Crippen LogP contribution >= 0.6 is 0 Å². The van der Waals surface area contributed by atoms with Gasteiger partial charge in [-0.05, 0) is 19.8 Å². The Morgan fingerprint density at radius 2 is 2.00 bits per heavy atom. The molecule has 0 aliphatic rings. The van der Waals surface area contributed by atoms with Gasteiger partial charge in [0.25, 0.3) is 0 Å². The third kappa shape index (κ3) is 3.89. The maximum absolute atomic E-state index is 12.1. The summed E-state index contributed by atoms with van der Waals surface area (Å²) in [5.41, 5.74) is 4.68. The molecular weight excluding hydrogens is 222 g/mol. The van der Waals surface area contributed by atoms with Crippen molar-refractivity contribution in [3.8, 4) is 0 Å². The lowest BCUT2D eigenvalue weighted by Crippen LogP contribution is -2.49. The molecule has 0 rings (SSSR count). The Balaban J connectivity index is 4.55. The molecule has 0 spiro atoms. The van der Waals surface area contributed by atoms with Gasteiger partial charge < -0.3 is 21.0 Å². The first-order valence-electron chi connectivity index (χ1n) is 5.93. The van der Waals surface area contributed by atoms with E-state index >= 15 is 0 Å². The molecule has 4 N–H and O–H groups in total. The fourth-order valence-electron chi connectivity index (χ4n) is 1.70. The van der Waals surface area contributed by atoms with Gasteiger partial charge in [0.05, 0.1) is 6.61 Å². The minimum Gasteiger partial charge on any atom is -0.409 e. The molecule has 0 aromatic heterocycles. The van der Waals surface area contributed by atoms with E-state index in [1.807, 2.05) is 20.8 Å². The molecule has 0 atom stereocenters. The van der Waals surface area contributed by atoms with Crippen molar-refractivity contribution in [2.24, 2.45) is 16.3 Å². The number of carbonyl (C=O) groups excluding carboxylic acids is 1. The lowest BCUT2D eigenvalue weighted by atomic mass is 9.80. The highest BCUT2D eigenvalue weighted by molar-refractivity contribution is 6.06. The second-order valence-electron chi connectivity index (χ2n) is 3.73. The Labute approximate surface area is 102 Å². The van der Waals surface area contributed by atoms with E-state index in [4.69, 9.17) is 15.7 Å². The molecular formula is C11H23N3O3. The van der Waals surface area contributed by atoms with Crippen LogP contribution in [0.4, 0.5) is 0 Å². The summed E-state index contributed by atoms with van der Waals surface area (Å²) in [6.45, 7) is 7.06. The molecule has 0 saturated heterocycles. The van der Waals surface area contributed by atoms with Crippen molar-refractivity contribution < 1.29 is 14.7 Å². The Bertz CT molecular complexity index is 263. The van der Waals surface area contributed by atoms with Crippen LogP contribution in [0.1, 0.15) is 33.6 Å². The molecule has 0 aromatic rings. The summed E-state index contributed by atoms with van der Waals surface area (Å²) in [7, 11) is 0. The van der Waals surface area contributed by atoms with Gasteiger partial charge >= 0.3 is 0 Å². The van der Waals surface area contributed by atoms with Crippen LogP contribution in [0.25, 0.3) is 0 Å². The van der Waals surface area contributed by atoms with Crippen LogP contribution in [-0.2, 0) is 9.53 Å². The second kappa shape index (κ2) is 7.89. The van der Waals surface area contributed by atoms with Crippen LogP contribution in [-0.4, -0.2) is 36.7 Å². The lowest BCUT2D eigenvalue weighted by Gasteiger charge is -2.28. The van der Waals surface area contributed by atoms with Gasteiger partial charge in [-0.2, -0.15) is 0 Å². The molecule has 1 amide bonds. The molecule has 0 bridgehead atoms. The average molecular weight is 245 g/mol. The van der Waals surface area contributed by atoms with Gasteiger partial charge in [0, 0.05) is 13.2 Å². The highest BCUT2D eigenvalue weighted by Gasteiger charge is 2.39. The third-order valence-electron chi connectivity index (χ3n) is 2.98. The van der Waals surface area contributed by atoms with Crippen LogP contribution in [0.2, 0.25) is 0 Å². The van der Waals surface area contributed by atoms with E-state index in [0.717, 1.165) is 0 Å². The van der Waals surface area contributed by atoms with Crippen molar-refractivity contribution in [2.75, 3.05) is 19.8 Å². The van der Waals surface area contributed by atoms with E-state index in [0.29, 0.717) is 32.6 Å². The fraction of sp³-hybridized carbons (Fsp3) is 0.818. The monoisotopic (exact) mass is 245 g/mol. The average Bonchev–Trinajstić information content (AvgIpc) is 2.36. The number of ether oxygens (including phenoxy) is 1. The molecule has 0 unspecified atom stereocenters. The van der Waals surface area contributed by atoms with Crippen molar-refractivity contribution >= 4 is 11.7 Å². The molecule has 0 saturated carbocycles. The van der Waals surface area contributed by atoms with E-state index in [9.17, 15) is 4.79 Å². The Hall–Kier alpha value is -1.30. The van der Waals surface area contributed by atoms with Crippen molar-refractivity contribution in [3.05, 3.63) is 0 Å².